The number of rotatable bonds is 14. The molecule has 1 aliphatic rings. The van der Waals surface area contributed by atoms with Gasteiger partial charge in [-0.2, -0.15) is 0 Å². The number of hydrogen-bond acceptors (Lipinski definition) is 14. The molecule has 0 atom stereocenters. The van der Waals surface area contributed by atoms with Crippen LogP contribution in [-0.4, -0.2) is 74.5 Å². The smallest absolute Gasteiger partial charge is 0.348 e. The average Bonchev–Trinajstić information content (AvgIpc) is 3.20. The maximum absolute atomic E-state index is 11.9. The summed E-state index contributed by atoms with van der Waals surface area (Å²) in [7, 11) is 0. The Kier molecular flexibility index (Phi) is 24.0. The third kappa shape index (κ3) is 18.3. The number of benzene rings is 2. The molecule has 4 rings (SSSR count). The fourth-order valence-electron chi connectivity index (χ4n) is 4.01. The number of allylic oxidation sites excluding steroid dienone is 5. The molecule has 2 aromatic carbocycles. The van der Waals surface area contributed by atoms with E-state index in [0.29, 0.717) is 23.2 Å². The molecule has 0 saturated heterocycles. The fraction of sp³-hybridized carbons (Fsp3) is 0.286. The second kappa shape index (κ2) is 28.5. The minimum Gasteiger partial charge on any atom is -0.500 e. The van der Waals surface area contributed by atoms with Crippen LogP contribution in [0.3, 0.4) is 0 Å². The predicted molar refractivity (Wildman–Crippen MR) is 214 cm³/mol. The summed E-state index contributed by atoms with van der Waals surface area (Å²) in [6.07, 6.45) is 13.9. The summed E-state index contributed by atoms with van der Waals surface area (Å²) in [5.74, 6) is -3.46. The molecular formula is C42H50N3O12+. The summed E-state index contributed by atoms with van der Waals surface area (Å²) >= 11 is 0. The summed E-state index contributed by atoms with van der Waals surface area (Å²) in [6, 6.07) is 16.2. The van der Waals surface area contributed by atoms with Gasteiger partial charge in [0.1, 0.15) is 17.9 Å². The number of aromatic amines is 1. The first-order chi connectivity index (χ1) is 27.5. The number of H-pyrrole nitrogens is 1. The first-order valence-electron chi connectivity index (χ1n) is 18.0. The molecule has 15 nitrogen and oxygen atoms in total. The molecule has 3 aromatic rings. The molecule has 0 aliphatic heterocycles. The van der Waals surface area contributed by atoms with Crippen LogP contribution in [0.5, 0.6) is 0 Å². The van der Waals surface area contributed by atoms with Crippen molar-refractivity contribution in [1.82, 2.24) is 4.98 Å². The lowest BCUT2D eigenvalue weighted by molar-refractivity contribution is -0.148. The van der Waals surface area contributed by atoms with E-state index in [1.807, 2.05) is 48.6 Å². The van der Waals surface area contributed by atoms with Crippen LogP contribution in [-0.2, 0) is 47.6 Å². The van der Waals surface area contributed by atoms with Crippen molar-refractivity contribution in [3.05, 3.63) is 136 Å². The molecule has 4 N–H and O–H groups in total. The van der Waals surface area contributed by atoms with Gasteiger partial charge in [0.2, 0.25) is 5.43 Å². The van der Waals surface area contributed by atoms with E-state index in [9.17, 15) is 28.8 Å². The molecule has 0 spiro atoms. The lowest BCUT2D eigenvalue weighted by Gasteiger charge is -2.07. The normalized spacial score (nSPS) is 10.3. The quantitative estimate of drug-likeness (QED) is 0.0345. The Balaban J connectivity index is 0.000000396. The Morgan fingerprint density at radius 1 is 0.684 bits per heavy atom. The van der Waals surface area contributed by atoms with Gasteiger partial charge in [0.15, 0.2) is 16.8 Å². The number of ether oxygens (including phenoxy) is 6. The minimum atomic E-state index is -0.732. The number of hydrogen-bond donors (Lipinski definition) is 3. The van der Waals surface area contributed by atoms with Crippen molar-refractivity contribution in [2.75, 3.05) is 45.0 Å². The molecule has 0 saturated carbocycles. The average molecular weight is 789 g/mol. The standard InChI is InChI=1S/C14H17NO4.C12H11NO3.C10H16O5.C6H6N/c1-3-18-13(16)12(14(17)19-4-2)10-15-11-8-6-5-7-9-11;1-2-16-12(15)9-7-13-10-6-4-3-5-8(10)11(9)14;1-4-13-7-8(9(11)14-5-2)10(12)15-6-3;7-6-4-2-1-3-5-6/h5-10,15H,3-4H2,1-2H3;3-7H,2H2,1H3,(H,13,14);7H,4-6H2,1-3H3;1-4H,7H2/q;;;+1. The molecule has 1 aromatic heterocycles. The van der Waals surface area contributed by atoms with Crippen LogP contribution in [0.2, 0.25) is 0 Å². The van der Waals surface area contributed by atoms with E-state index in [0.717, 1.165) is 11.9 Å². The number of nitrogens with two attached hydrogens (primary N) is 1. The maximum atomic E-state index is 11.9. The number of anilines is 1. The molecule has 0 bridgehead atoms. The summed E-state index contributed by atoms with van der Waals surface area (Å²) < 4.78 is 28.7. The van der Waals surface area contributed by atoms with Crippen molar-refractivity contribution in [2.24, 2.45) is 5.73 Å². The molecule has 0 amide bonds. The number of esters is 5. The Labute approximate surface area is 331 Å². The van der Waals surface area contributed by atoms with E-state index in [1.165, 1.54) is 12.4 Å². The molecule has 0 unspecified atom stereocenters. The van der Waals surface area contributed by atoms with Crippen molar-refractivity contribution in [3.63, 3.8) is 0 Å². The first-order valence-corrected chi connectivity index (χ1v) is 18.0. The van der Waals surface area contributed by atoms with Crippen LogP contribution in [0, 0.1) is 6.08 Å². The monoisotopic (exact) mass is 788 g/mol. The summed E-state index contributed by atoms with van der Waals surface area (Å²) in [6.45, 7) is 11.5. The Morgan fingerprint density at radius 2 is 1.21 bits per heavy atom. The molecule has 0 fully saturated rings. The zero-order chi connectivity index (χ0) is 42.4. The lowest BCUT2D eigenvalue weighted by atomic mass is 10.1. The van der Waals surface area contributed by atoms with Gasteiger partial charge in [-0.25, -0.2) is 24.0 Å². The highest BCUT2D eigenvalue weighted by Crippen LogP contribution is 2.09. The number of fused-ring (bicyclic) bond motifs is 1. The zero-order valence-electron chi connectivity index (χ0n) is 33.0. The van der Waals surface area contributed by atoms with Crippen LogP contribution in [0.4, 0.5) is 5.69 Å². The van der Waals surface area contributed by atoms with Crippen molar-refractivity contribution >= 4 is 46.4 Å². The van der Waals surface area contributed by atoms with Crippen LogP contribution in [0.25, 0.3) is 10.9 Å². The fourth-order valence-corrected chi connectivity index (χ4v) is 4.01. The van der Waals surface area contributed by atoms with E-state index in [4.69, 9.17) is 24.7 Å². The number of carbonyl (C=O) groups excluding carboxylic acids is 5. The topological polar surface area (TPSA) is 212 Å². The van der Waals surface area contributed by atoms with E-state index < -0.39 is 29.8 Å². The predicted octanol–water partition coefficient (Wildman–Crippen LogP) is 5.60. The van der Waals surface area contributed by atoms with E-state index in [2.05, 4.69) is 25.9 Å². The third-order valence-electron chi connectivity index (χ3n) is 6.52. The number of pyridine rings is 1. The van der Waals surface area contributed by atoms with E-state index in [-0.39, 0.29) is 55.2 Å². The summed E-state index contributed by atoms with van der Waals surface area (Å²) in [5.41, 5.74) is 6.83. The molecule has 0 radical (unpaired) electrons. The van der Waals surface area contributed by atoms with Crippen LogP contribution < -0.4 is 16.5 Å². The van der Waals surface area contributed by atoms with Gasteiger partial charge in [0.25, 0.3) is 0 Å². The Morgan fingerprint density at radius 3 is 1.68 bits per heavy atom. The molecule has 15 heteroatoms. The maximum Gasteiger partial charge on any atom is 0.348 e. The molecule has 1 aliphatic carbocycles. The first kappa shape index (κ1) is 48.0. The van der Waals surface area contributed by atoms with Crippen LogP contribution in [0.15, 0.2) is 119 Å². The second-order valence-corrected chi connectivity index (χ2v) is 10.6. The number of carbonyl (C=O) groups is 5. The van der Waals surface area contributed by atoms with Crippen molar-refractivity contribution < 1.29 is 52.4 Å². The van der Waals surface area contributed by atoms with Crippen LogP contribution in [0.1, 0.15) is 51.9 Å². The lowest BCUT2D eigenvalue weighted by Crippen LogP contribution is -2.19. The number of para-hydroxylation sites is 2. The Bertz CT molecular complexity index is 1920. The van der Waals surface area contributed by atoms with Crippen molar-refractivity contribution in [3.8, 4) is 0 Å². The molecular weight excluding hydrogens is 738 g/mol. The third-order valence-corrected chi connectivity index (χ3v) is 6.52. The van der Waals surface area contributed by atoms with E-state index in [1.54, 1.807) is 71.9 Å². The SMILES string of the molecule is CCOC(=O)C(=CNc1ccccc1)C(=O)OCC.CCOC(=O)c1c[nH]c2ccccc2c1=O.CCOC=C(C(=O)OCC)C(=O)OCC.NC1=CC=CC=[C+]1. The molecule has 1 heterocycles. The minimum absolute atomic E-state index is 0.0422. The van der Waals surface area contributed by atoms with Gasteiger partial charge in [0, 0.05) is 35.1 Å². The van der Waals surface area contributed by atoms with Gasteiger partial charge in [0.05, 0.1) is 57.9 Å². The molecule has 57 heavy (non-hydrogen) atoms. The number of nitrogens with one attached hydrogen (secondary N) is 2. The van der Waals surface area contributed by atoms with Gasteiger partial charge in [-0.15, -0.1) is 0 Å². The summed E-state index contributed by atoms with van der Waals surface area (Å²) in [5, 5.41) is 3.35. The van der Waals surface area contributed by atoms with Gasteiger partial charge in [-0.1, -0.05) is 30.3 Å². The second-order valence-electron chi connectivity index (χ2n) is 10.6. The van der Waals surface area contributed by atoms with Gasteiger partial charge >= 0.3 is 29.8 Å². The summed E-state index contributed by atoms with van der Waals surface area (Å²) in [4.78, 5) is 72.2. The molecule has 304 valence electrons. The highest BCUT2D eigenvalue weighted by molar-refractivity contribution is 6.14. The zero-order valence-corrected chi connectivity index (χ0v) is 33.0. The van der Waals surface area contributed by atoms with Crippen molar-refractivity contribution in [1.29, 1.82) is 0 Å². The van der Waals surface area contributed by atoms with E-state index >= 15 is 0 Å². The van der Waals surface area contributed by atoms with Gasteiger partial charge in [-0.3, -0.25) is 4.79 Å². The highest BCUT2D eigenvalue weighted by Gasteiger charge is 2.22. The van der Waals surface area contributed by atoms with Crippen LogP contribution >= 0.6 is 0 Å². The largest absolute Gasteiger partial charge is 0.500 e. The van der Waals surface area contributed by atoms with Gasteiger partial charge < -0.3 is 44.5 Å². The highest BCUT2D eigenvalue weighted by atomic mass is 16.6. The Hall–Kier alpha value is -6.99. The van der Waals surface area contributed by atoms with Crippen molar-refractivity contribution in [2.45, 2.75) is 41.5 Å². The number of aromatic nitrogens is 1. The van der Waals surface area contributed by atoms with Gasteiger partial charge in [-0.05, 0) is 65.8 Å².